The predicted octanol–water partition coefficient (Wildman–Crippen LogP) is 5.53. The third-order valence-electron chi connectivity index (χ3n) is 11.3. The zero-order valence-corrected chi connectivity index (χ0v) is 30.4. The Hall–Kier alpha value is -4.93. The zero-order chi connectivity index (χ0) is 36.6. The lowest BCUT2D eigenvalue weighted by molar-refractivity contribution is -0.149. The van der Waals surface area contributed by atoms with Gasteiger partial charge in [0.15, 0.2) is 0 Å². The van der Waals surface area contributed by atoms with E-state index in [9.17, 15) is 9.90 Å². The lowest BCUT2D eigenvalue weighted by atomic mass is 9.73. The van der Waals surface area contributed by atoms with Gasteiger partial charge < -0.3 is 34.2 Å². The molecule has 1 unspecified atom stereocenters. The van der Waals surface area contributed by atoms with Crippen LogP contribution in [0.4, 0.5) is 17.1 Å². The Labute approximate surface area is 305 Å². The summed E-state index contributed by atoms with van der Waals surface area (Å²) in [4.78, 5) is 52.6. The van der Waals surface area contributed by atoms with Crippen molar-refractivity contribution in [2.45, 2.75) is 57.4 Å². The number of nitrogens with zero attached hydrogens (tertiary/aromatic N) is 4. The monoisotopic (exact) mass is 704 g/mol. The van der Waals surface area contributed by atoms with Crippen molar-refractivity contribution < 1.29 is 29.0 Å². The lowest BCUT2D eigenvalue weighted by Crippen LogP contribution is -2.57. The number of hydrogen-bond donors (Lipinski definition) is 1. The highest BCUT2D eigenvalue weighted by Crippen LogP contribution is 2.60. The normalized spacial score (nSPS) is 27.2. The fourth-order valence-electron chi connectivity index (χ4n) is 8.85. The molecular formula is C42H48N4O6. The Balaban J connectivity index is 1.35. The first kappa shape index (κ1) is 35.5. The van der Waals surface area contributed by atoms with E-state index >= 15 is 9.59 Å². The highest BCUT2D eigenvalue weighted by atomic mass is 16.5. The van der Waals surface area contributed by atoms with Crippen LogP contribution in [0.1, 0.15) is 45.7 Å². The number of aliphatic hydroxyl groups is 1. The molecule has 2 fully saturated rings. The van der Waals surface area contributed by atoms with E-state index in [1.807, 2.05) is 117 Å². The van der Waals surface area contributed by atoms with Gasteiger partial charge in [-0.15, -0.1) is 0 Å². The van der Waals surface area contributed by atoms with Crippen LogP contribution in [0.15, 0.2) is 103 Å². The van der Waals surface area contributed by atoms with E-state index in [1.165, 1.54) is 4.90 Å². The number of rotatable bonds is 11. The van der Waals surface area contributed by atoms with Crippen LogP contribution < -0.4 is 19.4 Å². The molecule has 52 heavy (non-hydrogen) atoms. The van der Waals surface area contributed by atoms with E-state index in [0.717, 1.165) is 18.8 Å². The average Bonchev–Trinajstić information content (AvgIpc) is 3.46. The molecule has 3 aromatic carbocycles. The van der Waals surface area contributed by atoms with E-state index in [0.29, 0.717) is 42.3 Å². The van der Waals surface area contributed by atoms with Gasteiger partial charge in [-0.05, 0) is 81.3 Å². The minimum atomic E-state index is -1.48. The van der Waals surface area contributed by atoms with E-state index < -0.39 is 41.7 Å². The van der Waals surface area contributed by atoms with Crippen molar-refractivity contribution >= 4 is 34.8 Å². The summed E-state index contributed by atoms with van der Waals surface area (Å²) in [5, 5.41) is 11.0. The first-order chi connectivity index (χ1) is 25.3. The molecule has 10 nitrogen and oxygen atoms in total. The molecule has 4 aliphatic heterocycles. The van der Waals surface area contributed by atoms with Gasteiger partial charge in [-0.25, -0.2) is 0 Å². The summed E-state index contributed by atoms with van der Waals surface area (Å²) < 4.78 is 12.9. The van der Waals surface area contributed by atoms with Crippen molar-refractivity contribution in [2.75, 3.05) is 54.1 Å². The molecule has 0 aliphatic carbocycles. The van der Waals surface area contributed by atoms with E-state index in [-0.39, 0.29) is 24.3 Å². The molecule has 6 atom stereocenters. The van der Waals surface area contributed by atoms with E-state index in [4.69, 9.17) is 9.47 Å². The van der Waals surface area contributed by atoms with Crippen LogP contribution in [-0.4, -0.2) is 84.4 Å². The van der Waals surface area contributed by atoms with Crippen LogP contribution in [-0.2, 0) is 19.1 Å². The van der Waals surface area contributed by atoms with Gasteiger partial charge in [0.2, 0.25) is 11.8 Å². The first-order valence-electron chi connectivity index (χ1n) is 18.5. The molecule has 0 bridgehead atoms. The lowest BCUT2D eigenvalue weighted by Gasteiger charge is -2.41. The molecule has 1 spiro atoms. The average molecular weight is 705 g/mol. The van der Waals surface area contributed by atoms with Crippen LogP contribution in [0.25, 0.3) is 0 Å². The van der Waals surface area contributed by atoms with Crippen molar-refractivity contribution in [1.82, 2.24) is 4.90 Å². The minimum absolute atomic E-state index is 0.249. The van der Waals surface area contributed by atoms with E-state index in [1.54, 1.807) is 9.80 Å². The third-order valence-corrected chi connectivity index (χ3v) is 11.3. The van der Waals surface area contributed by atoms with Crippen LogP contribution in [0.5, 0.6) is 5.75 Å². The molecule has 10 heteroatoms. The minimum Gasteiger partial charge on any atom is -0.494 e. The number of ether oxygens (including phenoxy) is 2. The third kappa shape index (κ3) is 5.60. The van der Waals surface area contributed by atoms with Gasteiger partial charge in [0.25, 0.3) is 5.91 Å². The standard InChI is InChI=1S/C42H48N4O6/c1-5-41-24-12-26-44(32-20-22-33(23-21-32)51-8-4)38(48)35(41)36-39(49)46(34(28-47)29-14-10-9-11-15-29)37-40(50)45(27-13-25-42(36,37)52-41)31-18-16-30(17-19-31)43(6-2)7-3/h9-25,34-37,47H,5-8,26-28H2,1-4H3/t34-,35-,36+,37?,41+,42+/m1/s1. The highest BCUT2D eigenvalue weighted by Gasteiger charge is 2.76. The first-order valence-corrected chi connectivity index (χ1v) is 18.5. The summed E-state index contributed by atoms with van der Waals surface area (Å²) >= 11 is 0. The summed E-state index contributed by atoms with van der Waals surface area (Å²) in [7, 11) is 0. The molecule has 3 amide bonds. The van der Waals surface area contributed by atoms with Gasteiger partial charge in [-0.1, -0.05) is 61.6 Å². The van der Waals surface area contributed by atoms with Crippen LogP contribution >= 0.6 is 0 Å². The Kier molecular flexibility index (Phi) is 9.71. The molecule has 0 aromatic heterocycles. The van der Waals surface area contributed by atoms with Crippen molar-refractivity contribution in [3.05, 3.63) is 109 Å². The van der Waals surface area contributed by atoms with Crippen LogP contribution in [0.2, 0.25) is 0 Å². The second-order valence-electron chi connectivity index (χ2n) is 13.8. The maximum absolute atomic E-state index is 15.3. The zero-order valence-electron chi connectivity index (χ0n) is 30.4. The van der Waals surface area contributed by atoms with Crippen LogP contribution in [0, 0.1) is 11.8 Å². The fourth-order valence-corrected chi connectivity index (χ4v) is 8.85. The summed E-state index contributed by atoms with van der Waals surface area (Å²) in [5.74, 6) is -2.23. The number of carbonyl (C=O) groups is 3. The maximum Gasteiger partial charge on any atom is 0.253 e. The quantitative estimate of drug-likeness (QED) is 0.262. The number of anilines is 3. The van der Waals surface area contributed by atoms with Crippen molar-refractivity contribution in [3.8, 4) is 5.75 Å². The summed E-state index contributed by atoms with van der Waals surface area (Å²) in [6.07, 6.45) is 8.02. The molecule has 4 aliphatic rings. The number of likely N-dealkylation sites (tertiary alicyclic amines) is 1. The second-order valence-corrected chi connectivity index (χ2v) is 13.8. The Morgan fingerprint density at radius 2 is 1.40 bits per heavy atom. The molecule has 4 heterocycles. The highest BCUT2D eigenvalue weighted by molar-refractivity contribution is 6.08. The Bertz CT molecular complexity index is 1840. The summed E-state index contributed by atoms with van der Waals surface area (Å²) in [6.45, 7) is 10.4. The molecule has 3 aromatic rings. The molecule has 7 rings (SSSR count). The number of aliphatic hydroxyl groups excluding tert-OH is 1. The van der Waals surface area contributed by atoms with Crippen molar-refractivity contribution in [3.63, 3.8) is 0 Å². The Morgan fingerprint density at radius 3 is 2.00 bits per heavy atom. The van der Waals surface area contributed by atoms with Crippen LogP contribution in [0.3, 0.4) is 0 Å². The van der Waals surface area contributed by atoms with Gasteiger partial charge in [-0.3, -0.25) is 14.4 Å². The molecule has 0 saturated carbocycles. The van der Waals surface area contributed by atoms with Gasteiger partial charge in [0.1, 0.15) is 17.4 Å². The molecule has 272 valence electrons. The van der Waals surface area contributed by atoms with Gasteiger partial charge in [0, 0.05) is 43.2 Å². The Morgan fingerprint density at radius 1 is 0.788 bits per heavy atom. The predicted molar refractivity (Wildman–Crippen MR) is 201 cm³/mol. The molecule has 2 saturated heterocycles. The molecule has 1 N–H and O–H groups in total. The van der Waals surface area contributed by atoms with Crippen molar-refractivity contribution in [2.24, 2.45) is 11.8 Å². The number of hydrogen-bond acceptors (Lipinski definition) is 7. The molecular weight excluding hydrogens is 656 g/mol. The SMILES string of the molecule is CCOc1ccc(N2CC=C[C@]3(CC)O[C@]45C=CCN(c6ccc(N(CC)CC)cc6)C(=O)C4N([C@H](CO)c4ccccc4)C(=O)[C@@H]5[C@@H]3C2=O)cc1. The number of amides is 3. The second kappa shape index (κ2) is 14.2. The topological polar surface area (TPSA) is 103 Å². The largest absolute Gasteiger partial charge is 0.494 e. The fraction of sp³-hybridized carbons (Fsp3) is 0.405. The van der Waals surface area contributed by atoms with E-state index in [2.05, 4.69) is 18.7 Å². The summed E-state index contributed by atoms with van der Waals surface area (Å²) in [5.41, 5.74) is 0.484. The van der Waals surface area contributed by atoms with Gasteiger partial charge >= 0.3 is 0 Å². The maximum atomic E-state index is 15.3. The van der Waals surface area contributed by atoms with Gasteiger partial charge in [0.05, 0.1) is 36.7 Å². The van der Waals surface area contributed by atoms with Crippen molar-refractivity contribution in [1.29, 1.82) is 0 Å². The van der Waals surface area contributed by atoms with Gasteiger partial charge in [-0.2, -0.15) is 0 Å². The summed E-state index contributed by atoms with van der Waals surface area (Å²) in [6, 6.07) is 22.5. The number of carbonyl (C=O) groups excluding carboxylic acids is 3. The number of fused-ring (bicyclic) bond motifs is 2. The molecule has 0 radical (unpaired) electrons. The smallest absolute Gasteiger partial charge is 0.253 e. The number of benzene rings is 3.